The molecular weight excluding hydrogens is 617 g/mol. The van der Waals surface area contributed by atoms with Crippen LogP contribution in [0.1, 0.15) is 175 Å². The van der Waals surface area contributed by atoms with E-state index in [-0.39, 0.29) is 16.4 Å². The van der Waals surface area contributed by atoms with Crippen molar-refractivity contribution in [1.82, 2.24) is 8.75 Å². The molecule has 266 valence electrons. The summed E-state index contributed by atoms with van der Waals surface area (Å²) in [6.07, 6.45) is 19.7. The molecule has 1 aliphatic rings. The predicted molar refractivity (Wildman–Crippen MR) is 213 cm³/mol. The highest BCUT2D eigenvalue weighted by atomic mass is 32.1. The van der Waals surface area contributed by atoms with Crippen LogP contribution in [0.5, 0.6) is 5.75 Å². The van der Waals surface area contributed by atoms with Crippen molar-refractivity contribution in [3.05, 3.63) is 65.2 Å². The Hall–Kier alpha value is -2.72. The summed E-state index contributed by atoms with van der Waals surface area (Å²) in [5.74, 6) is 1.08. The Kier molecular flexibility index (Phi) is 12.7. The van der Waals surface area contributed by atoms with Gasteiger partial charge in [0.2, 0.25) is 0 Å². The SMILES string of the molecule is CCCCCCCCC1(CCCCCCCC)Oc2cc(C(C)(C)CC)ccc2-c2ccc(-c3ccc(C(C)(C)CC)c4nsnc34)cc21. The molecule has 0 fully saturated rings. The standard InChI is InChI=1S/C45H64N2OS/c1-9-13-15-17-19-21-29-45(30-22-20-18-16-14-10-2)39-31-33(35-27-28-38(44(7,8)12-4)42-41(35)46-49-47-42)23-25-36(39)37-26-24-34(32-40(37)48-45)43(5,6)11-3/h23-28,31-32H,9-22,29-30H2,1-8H3. The molecule has 5 rings (SSSR count). The van der Waals surface area contributed by atoms with E-state index in [2.05, 4.69) is 104 Å². The normalized spacial score (nSPS) is 14.1. The molecule has 3 nitrogen and oxygen atoms in total. The van der Waals surface area contributed by atoms with E-state index in [1.807, 2.05) is 0 Å². The highest BCUT2D eigenvalue weighted by molar-refractivity contribution is 7.00. The second-order valence-corrected chi connectivity index (χ2v) is 16.7. The van der Waals surface area contributed by atoms with Gasteiger partial charge in [0.05, 0.1) is 11.7 Å². The average Bonchev–Trinajstić information content (AvgIpc) is 3.60. The van der Waals surface area contributed by atoms with E-state index in [1.165, 1.54) is 128 Å². The minimum Gasteiger partial charge on any atom is -0.482 e. The zero-order valence-electron chi connectivity index (χ0n) is 32.1. The topological polar surface area (TPSA) is 35.0 Å². The zero-order valence-corrected chi connectivity index (χ0v) is 33.0. The number of fused-ring (bicyclic) bond motifs is 4. The third-order valence-electron chi connectivity index (χ3n) is 12.0. The van der Waals surface area contributed by atoms with Crippen molar-refractivity contribution in [1.29, 1.82) is 0 Å². The summed E-state index contributed by atoms with van der Waals surface area (Å²) in [5, 5.41) is 0. The third kappa shape index (κ3) is 8.27. The first kappa shape index (κ1) is 37.5. The van der Waals surface area contributed by atoms with Gasteiger partial charge in [0, 0.05) is 16.7 Å². The van der Waals surface area contributed by atoms with Gasteiger partial charge < -0.3 is 4.74 Å². The summed E-state index contributed by atoms with van der Waals surface area (Å²) in [5.41, 5.74) is 10.9. The Bertz CT molecular complexity index is 1650. The molecule has 1 aromatic heterocycles. The van der Waals surface area contributed by atoms with Gasteiger partial charge in [0.25, 0.3) is 0 Å². The predicted octanol–water partition coefficient (Wildman–Crippen LogP) is 14.5. The van der Waals surface area contributed by atoms with Crippen molar-refractivity contribution in [3.8, 4) is 28.0 Å². The van der Waals surface area contributed by atoms with Gasteiger partial charge in [0.15, 0.2) is 0 Å². The minimum absolute atomic E-state index is 0.0501. The van der Waals surface area contributed by atoms with Crippen molar-refractivity contribution in [2.45, 2.75) is 175 Å². The van der Waals surface area contributed by atoms with E-state index < -0.39 is 0 Å². The third-order valence-corrected chi connectivity index (χ3v) is 12.5. The Morgan fingerprint density at radius 1 is 0.592 bits per heavy atom. The largest absolute Gasteiger partial charge is 0.482 e. The van der Waals surface area contributed by atoms with Crippen molar-refractivity contribution in [2.24, 2.45) is 0 Å². The van der Waals surface area contributed by atoms with Crippen molar-refractivity contribution >= 4 is 22.8 Å². The summed E-state index contributed by atoms with van der Waals surface area (Å²) >= 11 is 1.34. The molecule has 3 aromatic carbocycles. The highest BCUT2D eigenvalue weighted by Gasteiger charge is 2.41. The lowest BCUT2D eigenvalue weighted by molar-refractivity contribution is 0.0384. The molecule has 4 heteroatoms. The van der Waals surface area contributed by atoms with E-state index in [4.69, 9.17) is 13.5 Å². The molecule has 0 aliphatic carbocycles. The number of ether oxygens (including phenoxy) is 1. The van der Waals surface area contributed by atoms with Gasteiger partial charge in [-0.25, -0.2) is 0 Å². The number of hydrogen-bond donors (Lipinski definition) is 0. The van der Waals surface area contributed by atoms with Crippen LogP contribution in [0.3, 0.4) is 0 Å². The molecule has 0 atom stereocenters. The van der Waals surface area contributed by atoms with Gasteiger partial charge in [-0.05, 0) is 83.7 Å². The van der Waals surface area contributed by atoms with Crippen LogP contribution in [0.15, 0.2) is 48.5 Å². The first-order chi connectivity index (χ1) is 23.6. The van der Waals surface area contributed by atoms with E-state index in [1.54, 1.807) is 0 Å². The number of nitrogens with zero attached hydrogens (tertiary/aromatic N) is 2. The number of benzene rings is 3. The van der Waals surface area contributed by atoms with Crippen LogP contribution in [0, 0.1) is 0 Å². The van der Waals surface area contributed by atoms with Crippen LogP contribution in [0.2, 0.25) is 0 Å². The van der Waals surface area contributed by atoms with Gasteiger partial charge in [-0.2, -0.15) is 8.75 Å². The van der Waals surface area contributed by atoms with Crippen LogP contribution in [-0.4, -0.2) is 8.75 Å². The van der Waals surface area contributed by atoms with Crippen LogP contribution in [-0.2, 0) is 16.4 Å². The molecule has 0 bridgehead atoms. The Morgan fingerprint density at radius 3 is 1.80 bits per heavy atom. The lowest BCUT2D eigenvalue weighted by atomic mass is 9.75. The lowest BCUT2D eigenvalue weighted by Gasteiger charge is -2.42. The van der Waals surface area contributed by atoms with Gasteiger partial charge >= 0.3 is 0 Å². The second kappa shape index (κ2) is 16.5. The maximum absolute atomic E-state index is 7.50. The molecule has 2 heterocycles. The van der Waals surface area contributed by atoms with Crippen LogP contribution < -0.4 is 4.74 Å². The highest BCUT2D eigenvalue weighted by Crippen LogP contribution is 2.52. The maximum atomic E-state index is 7.50. The number of unbranched alkanes of at least 4 members (excludes halogenated alkanes) is 10. The van der Waals surface area contributed by atoms with E-state index >= 15 is 0 Å². The van der Waals surface area contributed by atoms with Gasteiger partial charge in [-0.3, -0.25) is 0 Å². The molecule has 0 amide bonds. The molecule has 0 unspecified atom stereocenters. The molecule has 0 radical (unpaired) electrons. The van der Waals surface area contributed by atoms with E-state index in [0.717, 1.165) is 42.5 Å². The van der Waals surface area contributed by atoms with Gasteiger partial charge in [-0.15, -0.1) is 0 Å². The Labute approximate surface area is 303 Å². The first-order valence-corrected chi connectivity index (χ1v) is 20.6. The molecule has 1 aliphatic heterocycles. The van der Waals surface area contributed by atoms with Crippen LogP contribution >= 0.6 is 11.7 Å². The van der Waals surface area contributed by atoms with Crippen LogP contribution in [0.4, 0.5) is 0 Å². The molecule has 49 heavy (non-hydrogen) atoms. The summed E-state index contributed by atoms with van der Waals surface area (Å²) in [7, 11) is 0. The fourth-order valence-corrected chi connectivity index (χ4v) is 8.33. The fourth-order valence-electron chi connectivity index (χ4n) is 7.76. The second-order valence-electron chi connectivity index (χ2n) is 16.2. The smallest absolute Gasteiger partial charge is 0.135 e. The monoisotopic (exact) mass is 680 g/mol. The molecule has 0 saturated heterocycles. The number of hydrogen-bond acceptors (Lipinski definition) is 4. The minimum atomic E-state index is -0.341. The molecule has 0 N–H and O–H groups in total. The molecule has 0 saturated carbocycles. The molecule has 4 aromatic rings. The van der Waals surface area contributed by atoms with Crippen LogP contribution in [0.25, 0.3) is 33.3 Å². The van der Waals surface area contributed by atoms with Crippen molar-refractivity contribution < 1.29 is 4.74 Å². The van der Waals surface area contributed by atoms with E-state index in [0.29, 0.717) is 0 Å². The molecular formula is C45H64N2OS. The van der Waals surface area contributed by atoms with Gasteiger partial charge in [0.1, 0.15) is 22.4 Å². The summed E-state index contributed by atoms with van der Waals surface area (Å²) in [6, 6.07) is 18.9. The number of rotatable bonds is 19. The van der Waals surface area contributed by atoms with E-state index in [9.17, 15) is 0 Å². The Balaban J connectivity index is 1.62. The summed E-state index contributed by atoms with van der Waals surface area (Å²) in [4.78, 5) is 0. The zero-order chi connectivity index (χ0) is 35.1. The Morgan fingerprint density at radius 2 is 1.16 bits per heavy atom. The average molecular weight is 681 g/mol. The maximum Gasteiger partial charge on any atom is 0.135 e. The van der Waals surface area contributed by atoms with Crippen molar-refractivity contribution in [3.63, 3.8) is 0 Å². The molecule has 0 spiro atoms. The summed E-state index contributed by atoms with van der Waals surface area (Å²) in [6.45, 7) is 18.5. The lowest BCUT2D eigenvalue weighted by Crippen LogP contribution is -2.36. The first-order valence-electron chi connectivity index (χ1n) is 19.9. The van der Waals surface area contributed by atoms with Crippen molar-refractivity contribution in [2.75, 3.05) is 0 Å². The van der Waals surface area contributed by atoms with Gasteiger partial charge in [-0.1, -0.05) is 156 Å². The summed E-state index contributed by atoms with van der Waals surface area (Å²) < 4.78 is 17.2. The fraction of sp³-hybridized carbons (Fsp3) is 0.600. The number of aromatic nitrogens is 2. The quantitative estimate of drug-likeness (QED) is 0.0925.